The van der Waals surface area contributed by atoms with E-state index < -0.39 is 6.09 Å². The zero-order valence-electron chi connectivity index (χ0n) is 26.9. The molecule has 1 aliphatic carbocycles. The first-order valence-electron chi connectivity index (χ1n) is 15.6. The van der Waals surface area contributed by atoms with Crippen LogP contribution in [-0.4, -0.2) is 67.6 Å². The molecule has 9 heteroatoms. The molecule has 1 saturated carbocycles. The third-order valence-corrected chi connectivity index (χ3v) is 9.06. The Morgan fingerprint density at radius 3 is 2.42 bits per heavy atom. The van der Waals surface area contributed by atoms with Gasteiger partial charge in [0.25, 0.3) is 0 Å². The molecule has 9 nitrogen and oxygen atoms in total. The topological polar surface area (TPSA) is 119 Å². The molecular formula is C34H50N2O7. The molecule has 4 rings (SSSR count). The van der Waals surface area contributed by atoms with E-state index in [1.54, 1.807) is 7.11 Å². The summed E-state index contributed by atoms with van der Waals surface area (Å²) < 4.78 is 24.1. The number of epoxide rings is 2. The molecule has 43 heavy (non-hydrogen) atoms. The van der Waals surface area contributed by atoms with E-state index >= 15 is 0 Å². The molecule has 3 fully saturated rings. The number of hydrogen-bond donors (Lipinski definition) is 2. The second kappa shape index (κ2) is 13.5. The average Bonchev–Trinajstić information content (AvgIpc) is 3.85. The summed E-state index contributed by atoms with van der Waals surface area (Å²) in [7, 11) is 1.67. The first-order valence-corrected chi connectivity index (χ1v) is 15.6. The number of amides is 2. The zero-order valence-corrected chi connectivity index (χ0v) is 26.9. The Balaban J connectivity index is 1.21. The number of methoxy groups -OCH3 is 1. The zero-order chi connectivity index (χ0) is 31.4. The van der Waals surface area contributed by atoms with Crippen LogP contribution in [0.3, 0.4) is 0 Å². The minimum Gasteiger partial charge on any atom is -0.443 e. The van der Waals surface area contributed by atoms with E-state index in [1.807, 2.05) is 45.0 Å². The number of hydrogen-bond acceptors (Lipinski definition) is 7. The van der Waals surface area contributed by atoms with Gasteiger partial charge in [-0.1, -0.05) is 44.6 Å². The van der Waals surface area contributed by atoms with E-state index in [4.69, 9.17) is 18.9 Å². The van der Waals surface area contributed by atoms with E-state index in [-0.39, 0.29) is 52.5 Å². The number of carbonyl (C=O) groups excluding carboxylic acids is 3. The molecular weight excluding hydrogens is 548 g/mol. The standard InChI is InChI=1S/C34H50N2O7/c1-22(2)11-16-27-33(6,43-27)30-29(40-7)25(17-19-34(30)21-41-34)42-31(39)35-20-18-23-12-14-24(15-13-23)36-28(38)10-8-9-26(37)32(3,4)5/h11-15,25,27,29-30H,8-10,16-21H2,1-7H3,(H,35,39)(H,36,38)/t25-,27-,29-,30-,33?,34+/m1/s1. The highest BCUT2D eigenvalue weighted by Gasteiger charge is 2.72. The third kappa shape index (κ3) is 8.46. The van der Waals surface area contributed by atoms with E-state index in [9.17, 15) is 14.4 Å². The molecule has 1 spiro atoms. The van der Waals surface area contributed by atoms with Gasteiger partial charge in [0.1, 0.15) is 29.2 Å². The molecule has 0 radical (unpaired) electrons. The second-order valence-electron chi connectivity index (χ2n) is 13.8. The Labute approximate surface area is 256 Å². The van der Waals surface area contributed by atoms with Crippen molar-refractivity contribution in [2.24, 2.45) is 11.3 Å². The lowest BCUT2D eigenvalue weighted by molar-refractivity contribution is -0.126. The highest BCUT2D eigenvalue weighted by molar-refractivity contribution is 5.91. The summed E-state index contributed by atoms with van der Waals surface area (Å²) in [6, 6.07) is 7.54. The maximum Gasteiger partial charge on any atom is 0.407 e. The van der Waals surface area contributed by atoms with Crippen molar-refractivity contribution < 1.29 is 33.3 Å². The van der Waals surface area contributed by atoms with Crippen molar-refractivity contribution in [1.82, 2.24) is 5.32 Å². The maximum absolute atomic E-state index is 12.8. The number of allylic oxidation sites excluding steroid dienone is 1. The van der Waals surface area contributed by atoms with Crippen LogP contribution in [0.15, 0.2) is 35.9 Å². The Kier molecular flexibility index (Phi) is 10.4. The Bertz CT molecular complexity index is 1180. The van der Waals surface area contributed by atoms with Crippen LogP contribution < -0.4 is 10.6 Å². The van der Waals surface area contributed by atoms with Gasteiger partial charge < -0.3 is 29.6 Å². The number of alkyl carbamates (subject to hydrolysis) is 1. The van der Waals surface area contributed by atoms with Crippen molar-refractivity contribution in [3.63, 3.8) is 0 Å². The number of benzene rings is 1. The molecule has 2 heterocycles. The van der Waals surface area contributed by atoms with Crippen molar-refractivity contribution in [2.75, 3.05) is 25.6 Å². The minimum atomic E-state index is -0.463. The van der Waals surface area contributed by atoms with Crippen molar-refractivity contribution in [3.8, 4) is 0 Å². The van der Waals surface area contributed by atoms with Gasteiger partial charge in [0, 0.05) is 37.6 Å². The summed E-state index contributed by atoms with van der Waals surface area (Å²) in [5.74, 6) is 0.0380. The van der Waals surface area contributed by atoms with Gasteiger partial charge in [-0.3, -0.25) is 9.59 Å². The number of carbonyl (C=O) groups is 3. The predicted molar refractivity (Wildman–Crippen MR) is 165 cm³/mol. The van der Waals surface area contributed by atoms with Crippen LogP contribution >= 0.6 is 0 Å². The summed E-state index contributed by atoms with van der Waals surface area (Å²) in [5.41, 5.74) is 1.98. The van der Waals surface area contributed by atoms with Gasteiger partial charge in [-0.05, 0) is 70.6 Å². The highest BCUT2D eigenvalue weighted by Crippen LogP contribution is 2.59. The fourth-order valence-electron chi connectivity index (χ4n) is 6.32. The molecule has 2 aliphatic heterocycles. The fraction of sp³-hybridized carbons (Fsp3) is 0.676. The number of nitrogens with one attached hydrogen (secondary N) is 2. The summed E-state index contributed by atoms with van der Waals surface area (Å²) in [4.78, 5) is 37.1. The summed E-state index contributed by atoms with van der Waals surface area (Å²) in [5, 5.41) is 5.76. The Hall–Kier alpha value is -2.75. The summed E-state index contributed by atoms with van der Waals surface area (Å²) in [6.07, 6.45) is 5.33. The van der Waals surface area contributed by atoms with E-state index in [0.29, 0.717) is 50.9 Å². The number of rotatable bonds is 13. The lowest BCUT2D eigenvalue weighted by Crippen LogP contribution is -2.56. The smallest absolute Gasteiger partial charge is 0.407 e. The second-order valence-corrected chi connectivity index (χ2v) is 13.8. The molecule has 2 N–H and O–H groups in total. The van der Waals surface area contributed by atoms with Gasteiger partial charge in [0.15, 0.2) is 0 Å². The van der Waals surface area contributed by atoms with Crippen molar-refractivity contribution >= 4 is 23.5 Å². The van der Waals surface area contributed by atoms with Crippen molar-refractivity contribution in [2.45, 2.75) is 116 Å². The Morgan fingerprint density at radius 2 is 1.81 bits per heavy atom. The van der Waals surface area contributed by atoms with Crippen LogP contribution in [0.1, 0.15) is 85.6 Å². The molecule has 6 atom stereocenters. The molecule has 238 valence electrons. The molecule has 3 aliphatic rings. The molecule has 1 unspecified atom stereocenters. The third-order valence-electron chi connectivity index (χ3n) is 9.06. The Morgan fingerprint density at radius 1 is 1.12 bits per heavy atom. The lowest BCUT2D eigenvalue weighted by Gasteiger charge is -2.42. The minimum absolute atomic E-state index is 0.0166. The van der Waals surface area contributed by atoms with E-state index in [1.165, 1.54) is 5.57 Å². The van der Waals surface area contributed by atoms with E-state index in [2.05, 4.69) is 37.5 Å². The van der Waals surface area contributed by atoms with Gasteiger partial charge in [0.05, 0.1) is 18.6 Å². The molecule has 2 amide bonds. The maximum atomic E-state index is 12.8. The number of ether oxygens (including phenoxy) is 4. The van der Waals surface area contributed by atoms with Gasteiger partial charge in [-0.15, -0.1) is 0 Å². The van der Waals surface area contributed by atoms with Crippen molar-refractivity contribution in [1.29, 1.82) is 0 Å². The molecule has 0 aromatic heterocycles. The predicted octanol–water partition coefficient (Wildman–Crippen LogP) is 5.76. The van der Waals surface area contributed by atoms with Gasteiger partial charge >= 0.3 is 6.09 Å². The first-order chi connectivity index (χ1) is 20.3. The number of ketones is 1. The normalized spacial score (nSPS) is 29.5. The van der Waals surface area contributed by atoms with Crippen LogP contribution in [0.5, 0.6) is 0 Å². The number of anilines is 1. The van der Waals surface area contributed by atoms with Gasteiger partial charge in [0.2, 0.25) is 5.91 Å². The fourth-order valence-corrected chi connectivity index (χ4v) is 6.32. The van der Waals surface area contributed by atoms with Crippen LogP contribution in [-0.2, 0) is 35.0 Å². The summed E-state index contributed by atoms with van der Waals surface area (Å²) in [6.45, 7) is 13.1. The number of Topliss-reactive ketones (excluding diaryl/α,β-unsaturated/α-hetero) is 1. The summed E-state index contributed by atoms with van der Waals surface area (Å²) >= 11 is 0. The lowest BCUT2D eigenvalue weighted by atomic mass is 9.68. The monoisotopic (exact) mass is 598 g/mol. The van der Waals surface area contributed by atoms with Crippen molar-refractivity contribution in [3.05, 3.63) is 41.5 Å². The molecule has 1 aromatic carbocycles. The van der Waals surface area contributed by atoms with Gasteiger partial charge in [-0.2, -0.15) is 0 Å². The molecule has 0 bridgehead atoms. The highest BCUT2D eigenvalue weighted by atomic mass is 16.6. The van der Waals surface area contributed by atoms with Crippen LogP contribution in [0.4, 0.5) is 10.5 Å². The average molecular weight is 599 g/mol. The molecule has 1 aromatic rings. The molecule has 2 saturated heterocycles. The SMILES string of the molecule is CO[C@H]1[C@H](C2(C)O[C@@H]2CC=C(C)C)[C@]2(CC[C@H]1OC(=O)NCCc1ccc(NC(=O)CCCC(=O)C(C)(C)C)cc1)CO2. The van der Waals surface area contributed by atoms with Gasteiger partial charge in [-0.25, -0.2) is 4.79 Å². The quantitative estimate of drug-likeness (QED) is 0.219. The van der Waals surface area contributed by atoms with Crippen LogP contribution in [0.2, 0.25) is 0 Å². The largest absolute Gasteiger partial charge is 0.443 e. The first kappa shape index (κ1) is 33.1. The van der Waals surface area contributed by atoms with Crippen LogP contribution in [0.25, 0.3) is 0 Å². The van der Waals surface area contributed by atoms with Crippen LogP contribution in [0, 0.1) is 11.3 Å². The van der Waals surface area contributed by atoms with E-state index in [0.717, 1.165) is 18.4 Å².